The number of anilines is 1. The van der Waals surface area contributed by atoms with Gasteiger partial charge >= 0.3 is 6.01 Å². The first-order valence-electron chi connectivity index (χ1n) is 7.82. The Hall–Kier alpha value is -2.89. The van der Waals surface area contributed by atoms with Gasteiger partial charge in [-0.3, -0.25) is 4.98 Å². The topological polar surface area (TPSA) is 73.1 Å². The van der Waals surface area contributed by atoms with Crippen LogP contribution in [0.15, 0.2) is 47.2 Å². The maximum atomic E-state index is 5.45. The molecular formula is C18H20N4O2. The van der Waals surface area contributed by atoms with E-state index in [0.29, 0.717) is 18.4 Å². The van der Waals surface area contributed by atoms with Crippen molar-refractivity contribution in [3.05, 3.63) is 54.1 Å². The number of nitrogens with zero attached hydrogens (tertiary/aromatic N) is 3. The highest BCUT2D eigenvalue weighted by molar-refractivity contribution is 5.65. The van der Waals surface area contributed by atoms with Crippen molar-refractivity contribution in [3.63, 3.8) is 0 Å². The third-order valence-corrected chi connectivity index (χ3v) is 3.68. The monoisotopic (exact) mass is 324 g/mol. The summed E-state index contributed by atoms with van der Waals surface area (Å²) in [6.45, 7) is 4.58. The molecule has 0 aliphatic carbocycles. The lowest BCUT2D eigenvalue weighted by Crippen LogP contribution is -2.02. The SMILES string of the molecule is COc1ccc(-c2ccncc2)cc1CNc1nc(C(C)C)no1. The van der Waals surface area contributed by atoms with E-state index in [1.165, 1.54) is 0 Å². The van der Waals surface area contributed by atoms with Gasteiger partial charge in [0.05, 0.1) is 7.11 Å². The number of ether oxygens (including phenoxy) is 1. The third kappa shape index (κ3) is 3.53. The average molecular weight is 324 g/mol. The summed E-state index contributed by atoms with van der Waals surface area (Å²) >= 11 is 0. The second-order valence-electron chi connectivity index (χ2n) is 5.73. The van der Waals surface area contributed by atoms with Crippen molar-refractivity contribution in [2.75, 3.05) is 12.4 Å². The molecule has 0 amide bonds. The molecule has 0 fully saturated rings. The molecule has 0 unspecified atom stereocenters. The van der Waals surface area contributed by atoms with Crippen LogP contribution >= 0.6 is 0 Å². The second-order valence-corrected chi connectivity index (χ2v) is 5.73. The number of benzene rings is 1. The summed E-state index contributed by atoms with van der Waals surface area (Å²) in [6.07, 6.45) is 3.56. The summed E-state index contributed by atoms with van der Waals surface area (Å²) in [5.41, 5.74) is 3.22. The molecule has 24 heavy (non-hydrogen) atoms. The zero-order valence-electron chi connectivity index (χ0n) is 14.0. The molecule has 2 aromatic heterocycles. The zero-order valence-corrected chi connectivity index (χ0v) is 14.0. The quantitative estimate of drug-likeness (QED) is 0.742. The van der Waals surface area contributed by atoms with Gasteiger partial charge in [-0.1, -0.05) is 25.1 Å². The third-order valence-electron chi connectivity index (χ3n) is 3.68. The smallest absolute Gasteiger partial charge is 0.321 e. The van der Waals surface area contributed by atoms with Gasteiger partial charge in [-0.25, -0.2) is 0 Å². The van der Waals surface area contributed by atoms with Crippen LogP contribution in [0.5, 0.6) is 5.75 Å². The standard InChI is InChI=1S/C18H20N4O2/c1-12(2)17-21-18(24-22-17)20-11-15-10-14(4-5-16(15)23-3)13-6-8-19-9-7-13/h4-10,12H,11H2,1-3H3,(H,20,21,22). The van der Waals surface area contributed by atoms with Gasteiger partial charge in [0.25, 0.3) is 0 Å². The predicted octanol–water partition coefficient (Wildman–Crippen LogP) is 3.88. The van der Waals surface area contributed by atoms with Gasteiger partial charge in [-0.15, -0.1) is 0 Å². The molecule has 2 heterocycles. The van der Waals surface area contributed by atoms with Crippen LogP contribution in [-0.4, -0.2) is 22.2 Å². The number of pyridine rings is 1. The molecular weight excluding hydrogens is 304 g/mol. The van der Waals surface area contributed by atoms with E-state index in [-0.39, 0.29) is 5.92 Å². The average Bonchev–Trinajstić information content (AvgIpc) is 3.10. The van der Waals surface area contributed by atoms with E-state index in [0.717, 1.165) is 22.4 Å². The summed E-state index contributed by atoms with van der Waals surface area (Å²) < 4.78 is 10.7. The van der Waals surface area contributed by atoms with Gasteiger partial charge in [0.15, 0.2) is 5.82 Å². The minimum absolute atomic E-state index is 0.230. The number of hydrogen-bond donors (Lipinski definition) is 1. The van der Waals surface area contributed by atoms with Crippen LogP contribution < -0.4 is 10.1 Å². The van der Waals surface area contributed by atoms with Crippen molar-refractivity contribution in [2.45, 2.75) is 26.3 Å². The largest absolute Gasteiger partial charge is 0.496 e. The van der Waals surface area contributed by atoms with Crippen LogP contribution in [-0.2, 0) is 6.54 Å². The van der Waals surface area contributed by atoms with Gasteiger partial charge in [-0.2, -0.15) is 4.98 Å². The molecule has 0 bridgehead atoms. The summed E-state index contributed by atoms with van der Waals surface area (Å²) in [5, 5.41) is 7.11. The number of nitrogens with one attached hydrogen (secondary N) is 1. The fourth-order valence-corrected chi connectivity index (χ4v) is 2.35. The van der Waals surface area contributed by atoms with Gasteiger partial charge in [0, 0.05) is 30.4 Å². The Balaban J connectivity index is 1.80. The van der Waals surface area contributed by atoms with E-state index >= 15 is 0 Å². The summed E-state index contributed by atoms with van der Waals surface area (Å²) in [7, 11) is 1.66. The molecule has 3 aromatic rings. The molecule has 6 nitrogen and oxygen atoms in total. The Kier molecular flexibility index (Phi) is 4.74. The molecule has 124 valence electrons. The van der Waals surface area contributed by atoms with Crippen LogP contribution in [0.1, 0.15) is 31.2 Å². The van der Waals surface area contributed by atoms with Crippen LogP contribution in [0.3, 0.4) is 0 Å². The molecule has 0 radical (unpaired) electrons. The van der Waals surface area contributed by atoms with Gasteiger partial charge < -0.3 is 14.6 Å². The van der Waals surface area contributed by atoms with Crippen molar-refractivity contribution in [3.8, 4) is 16.9 Å². The Morgan fingerprint density at radius 3 is 2.58 bits per heavy atom. The van der Waals surface area contributed by atoms with Crippen LogP contribution in [0.25, 0.3) is 11.1 Å². The summed E-state index contributed by atoms with van der Waals surface area (Å²) in [4.78, 5) is 8.38. The minimum Gasteiger partial charge on any atom is -0.496 e. The Morgan fingerprint density at radius 1 is 1.12 bits per heavy atom. The zero-order chi connectivity index (χ0) is 16.9. The maximum absolute atomic E-state index is 5.45. The Labute approximate surface area is 140 Å². The fraction of sp³-hybridized carbons (Fsp3) is 0.278. The van der Waals surface area contributed by atoms with Crippen molar-refractivity contribution in [2.24, 2.45) is 0 Å². The lowest BCUT2D eigenvalue weighted by Gasteiger charge is -2.11. The number of methoxy groups -OCH3 is 1. The van der Waals surface area contributed by atoms with E-state index in [1.807, 2.05) is 38.1 Å². The molecule has 0 aliphatic heterocycles. The molecule has 0 spiro atoms. The molecule has 0 atom stereocenters. The number of rotatable bonds is 6. The normalized spacial score (nSPS) is 10.8. The first-order chi connectivity index (χ1) is 11.7. The highest BCUT2D eigenvalue weighted by atomic mass is 16.5. The fourth-order valence-electron chi connectivity index (χ4n) is 2.35. The van der Waals surface area contributed by atoms with Crippen molar-refractivity contribution >= 4 is 6.01 Å². The van der Waals surface area contributed by atoms with Gasteiger partial charge in [0.1, 0.15) is 5.75 Å². The van der Waals surface area contributed by atoms with Crippen molar-refractivity contribution in [1.82, 2.24) is 15.1 Å². The van der Waals surface area contributed by atoms with Crippen molar-refractivity contribution in [1.29, 1.82) is 0 Å². The highest BCUT2D eigenvalue weighted by Gasteiger charge is 2.11. The molecule has 1 N–H and O–H groups in total. The molecule has 6 heteroatoms. The van der Waals surface area contributed by atoms with Crippen LogP contribution in [0, 0.1) is 0 Å². The van der Waals surface area contributed by atoms with Gasteiger partial charge in [-0.05, 0) is 35.4 Å². The van der Waals surface area contributed by atoms with Crippen LogP contribution in [0.2, 0.25) is 0 Å². The molecule has 3 rings (SSSR count). The molecule has 1 aromatic carbocycles. The van der Waals surface area contributed by atoms with E-state index in [1.54, 1.807) is 19.5 Å². The second kappa shape index (κ2) is 7.12. The summed E-state index contributed by atoms with van der Waals surface area (Å²) in [5.74, 6) is 1.73. The van der Waals surface area contributed by atoms with Gasteiger partial charge in [0.2, 0.25) is 0 Å². The number of aromatic nitrogens is 3. The molecule has 0 aliphatic rings. The molecule has 0 saturated heterocycles. The van der Waals surface area contributed by atoms with E-state index in [2.05, 4.69) is 26.5 Å². The highest BCUT2D eigenvalue weighted by Crippen LogP contribution is 2.27. The first-order valence-corrected chi connectivity index (χ1v) is 7.82. The Morgan fingerprint density at radius 2 is 1.92 bits per heavy atom. The Bertz CT molecular complexity index is 800. The van der Waals surface area contributed by atoms with E-state index in [9.17, 15) is 0 Å². The predicted molar refractivity (Wildman–Crippen MR) is 91.9 cm³/mol. The maximum Gasteiger partial charge on any atom is 0.321 e. The first kappa shape index (κ1) is 16.0. The van der Waals surface area contributed by atoms with Crippen LogP contribution in [0.4, 0.5) is 6.01 Å². The van der Waals surface area contributed by atoms with E-state index < -0.39 is 0 Å². The lowest BCUT2D eigenvalue weighted by molar-refractivity contribution is 0.408. The molecule has 0 saturated carbocycles. The minimum atomic E-state index is 0.230. The summed E-state index contributed by atoms with van der Waals surface area (Å²) in [6, 6.07) is 10.4. The van der Waals surface area contributed by atoms with Crippen molar-refractivity contribution < 1.29 is 9.26 Å². The van der Waals surface area contributed by atoms with E-state index in [4.69, 9.17) is 9.26 Å². The lowest BCUT2D eigenvalue weighted by atomic mass is 10.0. The number of hydrogen-bond acceptors (Lipinski definition) is 6.